The minimum atomic E-state index is 0.0926. The van der Waals surface area contributed by atoms with Crippen LogP contribution in [-0.4, -0.2) is 48.1 Å². The van der Waals surface area contributed by atoms with Gasteiger partial charge >= 0.3 is 0 Å². The zero-order valence-electron chi connectivity index (χ0n) is 15.9. The van der Waals surface area contributed by atoms with Crippen molar-refractivity contribution in [3.63, 3.8) is 0 Å². The molecule has 0 aliphatic heterocycles. The molecule has 0 spiro atoms. The summed E-state index contributed by atoms with van der Waals surface area (Å²) in [6, 6.07) is 8.25. The molecule has 1 atom stereocenters. The summed E-state index contributed by atoms with van der Waals surface area (Å²) in [6.07, 6.45) is 0. The summed E-state index contributed by atoms with van der Waals surface area (Å²) in [5.41, 5.74) is 1.17. The third-order valence-corrected chi connectivity index (χ3v) is 5.13. The quantitative estimate of drug-likeness (QED) is 0.735. The van der Waals surface area contributed by atoms with Crippen molar-refractivity contribution >= 4 is 17.7 Å². The number of nitrogens with one attached hydrogen (secondary N) is 1. The van der Waals surface area contributed by atoms with Crippen LogP contribution in [-0.2, 0) is 4.79 Å². The van der Waals surface area contributed by atoms with E-state index in [-0.39, 0.29) is 16.7 Å². The van der Waals surface area contributed by atoms with E-state index >= 15 is 0 Å². The zero-order valence-corrected chi connectivity index (χ0v) is 16.7. The molecule has 1 rings (SSSR count). The monoisotopic (exact) mass is 352 g/mol. The number of carbonyl (C=O) groups excluding carboxylic acids is 1. The fraction of sp³-hybridized carbons (Fsp3) is 0.632. The Morgan fingerprint density at radius 2 is 1.96 bits per heavy atom. The van der Waals surface area contributed by atoms with Gasteiger partial charge in [0.1, 0.15) is 5.75 Å². The molecule has 1 unspecified atom stereocenters. The second-order valence-corrected chi connectivity index (χ2v) is 8.52. The number of nitrogens with zero attached hydrogens (tertiary/aromatic N) is 1. The maximum absolute atomic E-state index is 12.2. The largest absolute Gasteiger partial charge is 0.497 e. The van der Waals surface area contributed by atoms with Crippen LogP contribution in [0.15, 0.2) is 24.3 Å². The van der Waals surface area contributed by atoms with Gasteiger partial charge < -0.3 is 10.1 Å². The molecule has 24 heavy (non-hydrogen) atoms. The standard InChI is InChI=1S/C19H32N2O2S/c1-7-21(8-2)17(15-10-9-11-16(12-15)23-6)13-20-18(22)14-24-19(3,4)5/h9-12,17H,7-8,13-14H2,1-6H3,(H,20,22). The smallest absolute Gasteiger partial charge is 0.230 e. The van der Waals surface area contributed by atoms with Crippen molar-refractivity contribution in [2.24, 2.45) is 0 Å². The molecule has 0 bridgehead atoms. The number of rotatable bonds is 9. The van der Waals surface area contributed by atoms with E-state index in [9.17, 15) is 4.79 Å². The van der Waals surface area contributed by atoms with Crippen LogP contribution in [0.4, 0.5) is 0 Å². The number of benzene rings is 1. The van der Waals surface area contributed by atoms with E-state index in [0.717, 1.165) is 18.8 Å². The number of hydrogen-bond acceptors (Lipinski definition) is 4. The van der Waals surface area contributed by atoms with Crippen molar-refractivity contribution in [1.29, 1.82) is 0 Å². The predicted molar refractivity (Wildman–Crippen MR) is 104 cm³/mol. The van der Waals surface area contributed by atoms with E-state index in [2.05, 4.69) is 57.0 Å². The first-order valence-corrected chi connectivity index (χ1v) is 9.58. The topological polar surface area (TPSA) is 41.6 Å². The Morgan fingerprint density at radius 1 is 1.29 bits per heavy atom. The van der Waals surface area contributed by atoms with Gasteiger partial charge in [-0.1, -0.05) is 46.8 Å². The van der Waals surface area contributed by atoms with Crippen molar-refractivity contribution in [2.45, 2.75) is 45.4 Å². The molecule has 1 aromatic rings. The average Bonchev–Trinajstić information content (AvgIpc) is 2.56. The van der Waals surface area contributed by atoms with Gasteiger partial charge in [0.05, 0.1) is 18.9 Å². The Kier molecular flexibility index (Phi) is 8.63. The van der Waals surface area contributed by atoms with Crippen molar-refractivity contribution < 1.29 is 9.53 Å². The van der Waals surface area contributed by atoms with Crippen molar-refractivity contribution in [3.05, 3.63) is 29.8 Å². The van der Waals surface area contributed by atoms with Gasteiger partial charge in [-0.3, -0.25) is 9.69 Å². The number of thioether (sulfide) groups is 1. The third kappa shape index (κ3) is 7.14. The number of amides is 1. The number of hydrogen-bond donors (Lipinski definition) is 1. The van der Waals surface area contributed by atoms with E-state index in [0.29, 0.717) is 12.3 Å². The Hall–Kier alpha value is -1.20. The maximum atomic E-state index is 12.2. The zero-order chi connectivity index (χ0) is 18.2. The number of carbonyl (C=O) groups is 1. The first-order valence-electron chi connectivity index (χ1n) is 8.59. The first-order chi connectivity index (χ1) is 11.3. The summed E-state index contributed by atoms with van der Waals surface area (Å²) in [5.74, 6) is 1.43. The summed E-state index contributed by atoms with van der Waals surface area (Å²) in [5, 5.41) is 3.10. The fourth-order valence-electron chi connectivity index (χ4n) is 2.51. The van der Waals surface area contributed by atoms with Crippen molar-refractivity contribution in [1.82, 2.24) is 10.2 Å². The number of ether oxygens (including phenoxy) is 1. The molecule has 0 saturated carbocycles. The van der Waals surface area contributed by atoms with E-state index in [1.807, 2.05) is 12.1 Å². The summed E-state index contributed by atoms with van der Waals surface area (Å²) < 4.78 is 5.44. The van der Waals surface area contributed by atoms with Crippen LogP contribution in [0.2, 0.25) is 0 Å². The molecule has 0 radical (unpaired) electrons. The third-order valence-electron chi connectivity index (χ3n) is 3.86. The van der Waals surface area contributed by atoms with E-state index in [1.54, 1.807) is 18.9 Å². The van der Waals surface area contributed by atoms with Gasteiger partial charge in [0.2, 0.25) is 5.91 Å². The minimum Gasteiger partial charge on any atom is -0.497 e. The molecular weight excluding hydrogens is 320 g/mol. The van der Waals surface area contributed by atoms with Gasteiger partial charge in [-0.15, -0.1) is 11.8 Å². The normalized spacial score (nSPS) is 13.0. The van der Waals surface area contributed by atoms with Gasteiger partial charge in [0.25, 0.3) is 0 Å². The summed E-state index contributed by atoms with van der Waals surface area (Å²) >= 11 is 1.67. The second-order valence-electron chi connectivity index (χ2n) is 6.72. The summed E-state index contributed by atoms with van der Waals surface area (Å²) in [7, 11) is 1.68. The van der Waals surface area contributed by atoms with E-state index in [4.69, 9.17) is 4.74 Å². The molecule has 0 saturated heterocycles. The van der Waals surface area contributed by atoms with Crippen LogP contribution >= 0.6 is 11.8 Å². The highest BCUT2D eigenvalue weighted by Gasteiger charge is 2.20. The van der Waals surface area contributed by atoms with Crippen LogP contribution in [0.25, 0.3) is 0 Å². The molecule has 4 nitrogen and oxygen atoms in total. The summed E-state index contributed by atoms with van der Waals surface area (Å²) in [6.45, 7) is 13.1. The van der Waals surface area contributed by atoms with Gasteiger partial charge in [-0.2, -0.15) is 0 Å². The lowest BCUT2D eigenvalue weighted by atomic mass is 10.0. The van der Waals surface area contributed by atoms with Crippen molar-refractivity contribution in [3.8, 4) is 5.75 Å². The molecule has 0 aliphatic carbocycles. The van der Waals surface area contributed by atoms with Gasteiger partial charge in [-0.05, 0) is 30.8 Å². The van der Waals surface area contributed by atoms with Gasteiger partial charge in [0, 0.05) is 11.3 Å². The maximum Gasteiger partial charge on any atom is 0.230 e. The van der Waals surface area contributed by atoms with Crippen LogP contribution < -0.4 is 10.1 Å². The Balaban J connectivity index is 2.78. The number of likely N-dealkylation sites (N-methyl/N-ethyl adjacent to an activating group) is 1. The average molecular weight is 353 g/mol. The highest BCUT2D eigenvalue weighted by molar-refractivity contribution is 8.01. The lowest BCUT2D eigenvalue weighted by Crippen LogP contribution is -2.39. The highest BCUT2D eigenvalue weighted by Crippen LogP contribution is 2.25. The fourth-order valence-corrected chi connectivity index (χ4v) is 3.18. The SMILES string of the molecule is CCN(CC)C(CNC(=O)CSC(C)(C)C)c1cccc(OC)c1. The van der Waals surface area contributed by atoms with Crippen LogP contribution in [0.1, 0.15) is 46.2 Å². The van der Waals surface area contributed by atoms with E-state index in [1.165, 1.54) is 5.56 Å². The molecule has 0 aromatic heterocycles. The Labute approximate surface area is 151 Å². The molecular formula is C19H32N2O2S. The molecule has 1 N–H and O–H groups in total. The Morgan fingerprint density at radius 3 is 2.50 bits per heavy atom. The molecule has 1 aromatic carbocycles. The van der Waals surface area contributed by atoms with Gasteiger partial charge in [0.15, 0.2) is 0 Å². The van der Waals surface area contributed by atoms with Crippen LogP contribution in [0, 0.1) is 0 Å². The lowest BCUT2D eigenvalue weighted by molar-refractivity contribution is -0.118. The second kappa shape index (κ2) is 9.94. The van der Waals surface area contributed by atoms with Crippen molar-refractivity contribution in [2.75, 3.05) is 32.5 Å². The highest BCUT2D eigenvalue weighted by atomic mass is 32.2. The molecule has 0 fully saturated rings. The predicted octanol–water partition coefficient (Wildman–Crippen LogP) is 3.73. The molecule has 136 valence electrons. The minimum absolute atomic E-state index is 0.0926. The molecule has 0 aliphatic rings. The first kappa shape index (κ1) is 20.8. The van der Waals surface area contributed by atoms with Gasteiger partial charge in [-0.25, -0.2) is 0 Å². The number of methoxy groups -OCH3 is 1. The Bertz CT molecular complexity index is 510. The lowest BCUT2D eigenvalue weighted by Gasteiger charge is -2.30. The summed E-state index contributed by atoms with van der Waals surface area (Å²) in [4.78, 5) is 14.5. The van der Waals surface area contributed by atoms with E-state index < -0.39 is 0 Å². The molecule has 1 amide bonds. The van der Waals surface area contributed by atoms with Crippen LogP contribution in [0.3, 0.4) is 0 Å². The van der Waals surface area contributed by atoms with Crippen LogP contribution in [0.5, 0.6) is 5.75 Å². The molecule has 0 heterocycles. The molecule has 5 heteroatoms.